The molecule has 0 aliphatic heterocycles. The van der Waals surface area contributed by atoms with Crippen LogP contribution in [0.3, 0.4) is 0 Å². The zero-order valence-electron chi connectivity index (χ0n) is 9.33. The molecule has 1 N–H and O–H groups in total. The molecule has 0 saturated heterocycles. The predicted molar refractivity (Wildman–Crippen MR) is 61.4 cm³/mol. The summed E-state index contributed by atoms with van der Waals surface area (Å²) in [6, 6.07) is 4.32. The van der Waals surface area contributed by atoms with E-state index in [0.717, 1.165) is 0 Å². The van der Waals surface area contributed by atoms with Crippen molar-refractivity contribution in [2.75, 3.05) is 0 Å². The molecule has 0 radical (unpaired) electrons. The van der Waals surface area contributed by atoms with Gasteiger partial charge in [-0.05, 0) is 44.4 Å². The molecule has 14 heavy (non-hydrogen) atoms. The quantitative estimate of drug-likeness (QED) is 0.760. The Morgan fingerprint density at radius 2 is 1.64 bits per heavy atom. The highest BCUT2D eigenvalue weighted by Gasteiger charge is 2.00. The Morgan fingerprint density at radius 1 is 1.14 bits per heavy atom. The van der Waals surface area contributed by atoms with Crippen molar-refractivity contribution in [2.24, 2.45) is 0 Å². The summed E-state index contributed by atoms with van der Waals surface area (Å²) in [6.45, 7) is 8.06. The minimum absolute atomic E-state index is 0.380. The number of rotatable bonds is 2. The molecule has 1 heteroatoms. The molecule has 0 aromatic heterocycles. The van der Waals surface area contributed by atoms with Crippen LogP contribution in [0.1, 0.15) is 29.2 Å². The van der Waals surface area contributed by atoms with E-state index < -0.39 is 0 Å². The van der Waals surface area contributed by atoms with E-state index in [1.165, 1.54) is 22.3 Å². The van der Waals surface area contributed by atoms with Gasteiger partial charge in [0, 0.05) is 0 Å². The molecular weight excluding hydrogens is 172 g/mol. The van der Waals surface area contributed by atoms with Crippen LogP contribution in [0, 0.1) is 20.8 Å². The second-order valence-corrected chi connectivity index (χ2v) is 3.91. The van der Waals surface area contributed by atoms with Crippen molar-refractivity contribution in [1.29, 1.82) is 0 Å². The molecule has 0 spiro atoms. The first-order valence-corrected chi connectivity index (χ1v) is 4.95. The first-order chi connectivity index (χ1) is 6.50. The third-order valence-corrected chi connectivity index (χ3v) is 2.28. The van der Waals surface area contributed by atoms with Gasteiger partial charge in [0.2, 0.25) is 0 Å². The van der Waals surface area contributed by atoms with Gasteiger partial charge in [-0.1, -0.05) is 29.8 Å². The topological polar surface area (TPSA) is 20.2 Å². The Balaban J connectivity index is 3.09. The number of aryl methyl sites for hydroxylation is 3. The summed E-state index contributed by atoms with van der Waals surface area (Å²) >= 11 is 0. The van der Waals surface area contributed by atoms with E-state index >= 15 is 0 Å². The van der Waals surface area contributed by atoms with Crippen molar-refractivity contribution in [3.8, 4) is 0 Å². The summed E-state index contributed by atoms with van der Waals surface area (Å²) in [5.41, 5.74) is 5.03. The molecular formula is C13H18O. The van der Waals surface area contributed by atoms with Crippen molar-refractivity contribution < 1.29 is 5.11 Å². The lowest BCUT2D eigenvalue weighted by Gasteiger charge is -2.07. The Kier molecular flexibility index (Phi) is 3.48. The Morgan fingerprint density at radius 3 is 2.07 bits per heavy atom. The molecule has 0 amide bonds. The van der Waals surface area contributed by atoms with Gasteiger partial charge in [0.1, 0.15) is 0 Å². The normalized spacial score (nSPS) is 13.5. The van der Waals surface area contributed by atoms with Crippen LogP contribution in [0.5, 0.6) is 0 Å². The second-order valence-electron chi connectivity index (χ2n) is 3.91. The van der Waals surface area contributed by atoms with Crippen molar-refractivity contribution in [1.82, 2.24) is 0 Å². The fourth-order valence-corrected chi connectivity index (χ4v) is 1.69. The standard InChI is InChI=1S/C13H18O/c1-9-7-10(2)13(11(3)8-9)6-5-12(4)14/h5-8,12,14H,1-4H3/b6-5+/t12-/m0/s1. The number of hydrogen-bond acceptors (Lipinski definition) is 1. The second kappa shape index (κ2) is 4.43. The molecule has 0 aliphatic carbocycles. The Bertz CT molecular complexity index is 325. The zero-order valence-corrected chi connectivity index (χ0v) is 9.33. The van der Waals surface area contributed by atoms with E-state index in [2.05, 4.69) is 32.9 Å². The van der Waals surface area contributed by atoms with Gasteiger partial charge < -0.3 is 5.11 Å². The summed E-state index contributed by atoms with van der Waals surface area (Å²) in [7, 11) is 0. The number of aliphatic hydroxyl groups excluding tert-OH is 1. The fourth-order valence-electron chi connectivity index (χ4n) is 1.69. The lowest BCUT2D eigenvalue weighted by atomic mass is 9.99. The first-order valence-electron chi connectivity index (χ1n) is 4.95. The molecule has 1 rings (SSSR count). The maximum Gasteiger partial charge on any atom is 0.0696 e. The molecule has 0 bridgehead atoms. The molecule has 1 aromatic rings. The minimum atomic E-state index is -0.380. The van der Waals surface area contributed by atoms with E-state index in [4.69, 9.17) is 5.11 Å². The van der Waals surface area contributed by atoms with Crippen molar-refractivity contribution in [2.45, 2.75) is 33.8 Å². The summed E-state index contributed by atoms with van der Waals surface area (Å²) in [5.74, 6) is 0. The minimum Gasteiger partial charge on any atom is -0.389 e. The molecule has 0 unspecified atom stereocenters. The average molecular weight is 190 g/mol. The lowest BCUT2D eigenvalue weighted by molar-refractivity contribution is 0.245. The van der Waals surface area contributed by atoms with Crippen LogP contribution in [0.25, 0.3) is 6.08 Å². The van der Waals surface area contributed by atoms with Gasteiger partial charge in [-0.3, -0.25) is 0 Å². The van der Waals surface area contributed by atoms with Crippen LogP contribution in [-0.4, -0.2) is 11.2 Å². The number of hydrogen-bond donors (Lipinski definition) is 1. The van der Waals surface area contributed by atoms with Crippen molar-refractivity contribution in [3.63, 3.8) is 0 Å². The van der Waals surface area contributed by atoms with Gasteiger partial charge in [-0.25, -0.2) is 0 Å². The monoisotopic (exact) mass is 190 g/mol. The van der Waals surface area contributed by atoms with Gasteiger partial charge in [0.15, 0.2) is 0 Å². The lowest BCUT2D eigenvalue weighted by Crippen LogP contribution is -1.93. The number of aliphatic hydroxyl groups is 1. The summed E-state index contributed by atoms with van der Waals surface area (Å²) in [6.07, 6.45) is 3.43. The zero-order chi connectivity index (χ0) is 10.7. The molecule has 0 aliphatic rings. The van der Waals surface area contributed by atoms with E-state index in [9.17, 15) is 0 Å². The highest BCUT2D eigenvalue weighted by Crippen LogP contribution is 2.17. The maximum absolute atomic E-state index is 9.16. The third-order valence-electron chi connectivity index (χ3n) is 2.28. The largest absolute Gasteiger partial charge is 0.389 e. The van der Waals surface area contributed by atoms with Gasteiger partial charge >= 0.3 is 0 Å². The predicted octanol–water partition coefficient (Wildman–Crippen LogP) is 3.01. The van der Waals surface area contributed by atoms with Crippen molar-refractivity contribution in [3.05, 3.63) is 40.5 Å². The molecule has 0 fully saturated rings. The SMILES string of the molecule is Cc1cc(C)c(/C=C/[C@H](C)O)c(C)c1. The van der Waals surface area contributed by atoms with E-state index in [0.29, 0.717) is 0 Å². The summed E-state index contributed by atoms with van der Waals surface area (Å²) in [4.78, 5) is 0. The smallest absolute Gasteiger partial charge is 0.0696 e. The summed E-state index contributed by atoms with van der Waals surface area (Å²) in [5, 5.41) is 9.16. The molecule has 0 saturated carbocycles. The number of benzene rings is 1. The first kappa shape index (κ1) is 11.0. The van der Waals surface area contributed by atoms with E-state index in [1.54, 1.807) is 6.92 Å². The summed E-state index contributed by atoms with van der Waals surface area (Å²) < 4.78 is 0. The Labute approximate surface area is 86.1 Å². The maximum atomic E-state index is 9.16. The van der Waals surface area contributed by atoms with Crippen molar-refractivity contribution >= 4 is 6.08 Å². The van der Waals surface area contributed by atoms with Crippen LogP contribution < -0.4 is 0 Å². The molecule has 1 atom stereocenters. The van der Waals surface area contributed by atoms with E-state index in [-0.39, 0.29) is 6.10 Å². The molecule has 0 heterocycles. The highest BCUT2D eigenvalue weighted by molar-refractivity contribution is 5.58. The van der Waals surface area contributed by atoms with Gasteiger partial charge in [-0.15, -0.1) is 0 Å². The third kappa shape index (κ3) is 2.71. The highest BCUT2D eigenvalue weighted by atomic mass is 16.3. The Hall–Kier alpha value is -1.08. The molecule has 1 nitrogen and oxygen atoms in total. The molecule has 1 aromatic carbocycles. The van der Waals surface area contributed by atoms with Crippen LogP contribution in [0.2, 0.25) is 0 Å². The fraction of sp³-hybridized carbons (Fsp3) is 0.385. The van der Waals surface area contributed by atoms with Crippen LogP contribution in [0.4, 0.5) is 0 Å². The van der Waals surface area contributed by atoms with Crippen LogP contribution in [-0.2, 0) is 0 Å². The molecule has 76 valence electrons. The van der Waals surface area contributed by atoms with Gasteiger partial charge in [-0.2, -0.15) is 0 Å². The van der Waals surface area contributed by atoms with Gasteiger partial charge in [0.05, 0.1) is 6.10 Å². The van der Waals surface area contributed by atoms with Crippen LogP contribution in [0.15, 0.2) is 18.2 Å². The van der Waals surface area contributed by atoms with E-state index in [1.807, 2.05) is 12.2 Å². The van der Waals surface area contributed by atoms with Crippen LogP contribution >= 0.6 is 0 Å². The average Bonchev–Trinajstić information content (AvgIpc) is 2.01. The van der Waals surface area contributed by atoms with Gasteiger partial charge in [0.25, 0.3) is 0 Å².